The van der Waals surface area contributed by atoms with Crippen LogP contribution in [0.1, 0.15) is 6.42 Å². The Kier molecular flexibility index (Phi) is 2.63. The van der Waals surface area contributed by atoms with Crippen molar-refractivity contribution in [1.82, 2.24) is 0 Å². The summed E-state index contributed by atoms with van der Waals surface area (Å²) in [6.07, 6.45) is -0.603. The van der Waals surface area contributed by atoms with E-state index in [9.17, 15) is 14.3 Å². The fourth-order valence-corrected chi connectivity index (χ4v) is 1.85. The lowest BCUT2D eigenvalue weighted by molar-refractivity contribution is -0.117. The van der Waals surface area contributed by atoms with Crippen LogP contribution in [0.25, 0.3) is 0 Å². The molecule has 0 spiro atoms. The van der Waals surface area contributed by atoms with Crippen LogP contribution in [-0.2, 0) is 4.79 Å². The molecular weight excluding hydrogens is 221 g/mol. The minimum absolute atomic E-state index is 0.0775. The highest BCUT2D eigenvalue weighted by molar-refractivity contribution is 6.31. The molecule has 80 valence electrons. The van der Waals surface area contributed by atoms with Crippen LogP contribution in [-0.4, -0.2) is 23.7 Å². The molecule has 1 aromatic rings. The van der Waals surface area contributed by atoms with Crippen LogP contribution in [0.2, 0.25) is 5.02 Å². The number of anilines is 1. The van der Waals surface area contributed by atoms with E-state index in [1.54, 1.807) is 0 Å². The molecule has 1 unspecified atom stereocenters. The van der Waals surface area contributed by atoms with Crippen LogP contribution >= 0.6 is 11.6 Å². The molecule has 5 heteroatoms. The molecule has 1 fully saturated rings. The van der Waals surface area contributed by atoms with E-state index in [1.165, 1.54) is 23.1 Å². The topological polar surface area (TPSA) is 40.5 Å². The number of β-amino-alcohol motifs (C(OH)–C–C–N with tert-alkyl or cyclic N) is 1. The van der Waals surface area contributed by atoms with E-state index in [1.807, 2.05) is 0 Å². The summed E-state index contributed by atoms with van der Waals surface area (Å²) in [4.78, 5) is 12.7. The highest BCUT2D eigenvalue weighted by Crippen LogP contribution is 2.25. The number of aliphatic hydroxyl groups is 1. The summed E-state index contributed by atoms with van der Waals surface area (Å²) in [6.45, 7) is 0.193. The molecule has 1 N–H and O–H groups in total. The third-order valence-corrected chi connectivity index (χ3v) is 2.48. The summed E-state index contributed by atoms with van der Waals surface area (Å²) in [5, 5.41) is 9.52. The van der Waals surface area contributed by atoms with Gasteiger partial charge in [-0.2, -0.15) is 0 Å². The molecule has 0 aromatic heterocycles. The molecule has 1 aromatic carbocycles. The van der Waals surface area contributed by atoms with Crippen LogP contribution in [0.4, 0.5) is 10.1 Å². The Bertz CT molecular complexity index is 390. The molecule has 0 radical (unpaired) electrons. The number of hydrogen-bond acceptors (Lipinski definition) is 2. The van der Waals surface area contributed by atoms with Crippen molar-refractivity contribution in [1.29, 1.82) is 0 Å². The average Bonchev–Trinajstić information content (AvgIpc) is 2.43. The molecule has 1 heterocycles. The van der Waals surface area contributed by atoms with E-state index in [4.69, 9.17) is 11.6 Å². The Morgan fingerprint density at radius 2 is 2.20 bits per heavy atom. The molecule has 1 saturated heterocycles. The van der Waals surface area contributed by atoms with E-state index in [-0.39, 0.29) is 23.9 Å². The molecule has 1 aliphatic rings. The van der Waals surface area contributed by atoms with Gasteiger partial charge in [-0.3, -0.25) is 4.79 Å². The van der Waals surface area contributed by atoms with Crippen molar-refractivity contribution in [3.05, 3.63) is 29.0 Å². The second-order valence-corrected chi connectivity index (χ2v) is 3.93. The van der Waals surface area contributed by atoms with Crippen molar-refractivity contribution >= 4 is 23.2 Å². The first-order chi connectivity index (χ1) is 7.06. The SMILES string of the molecule is O=C1CC(O)CN1c1cc(F)cc(Cl)c1. The van der Waals surface area contributed by atoms with Gasteiger partial charge in [0.05, 0.1) is 19.1 Å². The number of carbonyl (C=O) groups excluding carboxylic acids is 1. The summed E-state index contributed by atoms with van der Waals surface area (Å²) in [6, 6.07) is 3.89. The summed E-state index contributed by atoms with van der Waals surface area (Å²) in [5.41, 5.74) is 0.390. The molecule has 15 heavy (non-hydrogen) atoms. The monoisotopic (exact) mass is 229 g/mol. The molecular formula is C10H9ClFNO2. The van der Waals surface area contributed by atoms with E-state index in [2.05, 4.69) is 0 Å². The minimum Gasteiger partial charge on any atom is -0.391 e. The van der Waals surface area contributed by atoms with Crippen molar-refractivity contribution in [2.45, 2.75) is 12.5 Å². The largest absolute Gasteiger partial charge is 0.391 e. The summed E-state index contributed by atoms with van der Waals surface area (Å²) in [5.74, 6) is -0.712. The van der Waals surface area contributed by atoms with E-state index < -0.39 is 11.9 Å². The van der Waals surface area contributed by atoms with Gasteiger partial charge >= 0.3 is 0 Å². The fourth-order valence-electron chi connectivity index (χ4n) is 1.63. The maximum atomic E-state index is 13.0. The number of carbonyl (C=O) groups is 1. The Hall–Kier alpha value is -1.13. The molecule has 1 aliphatic heterocycles. The number of aliphatic hydroxyl groups excluding tert-OH is 1. The number of halogens is 2. The lowest BCUT2D eigenvalue weighted by atomic mass is 10.3. The van der Waals surface area contributed by atoms with Gasteiger partial charge in [-0.05, 0) is 18.2 Å². The quantitative estimate of drug-likeness (QED) is 0.794. The van der Waals surface area contributed by atoms with Gasteiger partial charge in [0.2, 0.25) is 5.91 Å². The lowest BCUT2D eigenvalue weighted by Gasteiger charge is -2.16. The fraction of sp³-hybridized carbons (Fsp3) is 0.300. The number of nitrogens with zero attached hydrogens (tertiary/aromatic N) is 1. The number of rotatable bonds is 1. The minimum atomic E-state index is -0.681. The van der Waals surface area contributed by atoms with Gasteiger partial charge < -0.3 is 10.0 Å². The highest BCUT2D eigenvalue weighted by atomic mass is 35.5. The zero-order valence-corrected chi connectivity index (χ0v) is 8.54. The van der Waals surface area contributed by atoms with Gasteiger partial charge in [0.15, 0.2) is 0 Å². The van der Waals surface area contributed by atoms with Crippen molar-refractivity contribution in [3.8, 4) is 0 Å². The average molecular weight is 230 g/mol. The first-order valence-electron chi connectivity index (χ1n) is 4.51. The molecule has 0 aliphatic carbocycles. The van der Waals surface area contributed by atoms with Crippen LogP contribution in [0.5, 0.6) is 0 Å². The molecule has 0 saturated carbocycles. The Morgan fingerprint density at radius 3 is 2.73 bits per heavy atom. The summed E-state index contributed by atoms with van der Waals surface area (Å²) in [7, 11) is 0. The van der Waals surface area contributed by atoms with Gasteiger partial charge in [0.25, 0.3) is 0 Å². The zero-order valence-electron chi connectivity index (χ0n) is 7.78. The summed E-state index contributed by atoms with van der Waals surface area (Å²) >= 11 is 5.67. The molecule has 1 atom stereocenters. The Balaban J connectivity index is 2.33. The number of benzene rings is 1. The van der Waals surface area contributed by atoms with Crippen molar-refractivity contribution in [2.24, 2.45) is 0 Å². The number of amides is 1. The Labute approximate surface area is 91.1 Å². The maximum Gasteiger partial charge on any atom is 0.229 e. The van der Waals surface area contributed by atoms with Gasteiger partial charge in [-0.15, -0.1) is 0 Å². The van der Waals surface area contributed by atoms with Crippen molar-refractivity contribution in [2.75, 3.05) is 11.4 Å². The van der Waals surface area contributed by atoms with Crippen molar-refractivity contribution < 1.29 is 14.3 Å². The highest BCUT2D eigenvalue weighted by Gasteiger charge is 2.29. The van der Waals surface area contributed by atoms with E-state index >= 15 is 0 Å². The van der Waals surface area contributed by atoms with Crippen LogP contribution in [0.15, 0.2) is 18.2 Å². The zero-order chi connectivity index (χ0) is 11.0. The van der Waals surface area contributed by atoms with E-state index in [0.29, 0.717) is 5.69 Å². The first kappa shape index (κ1) is 10.4. The Morgan fingerprint density at radius 1 is 1.47 bits per heavy atom. The molecule has 2 rings (SSSR count). The van der Waals surface area contributed by atoms with Crippen LogP contribution in [0, 0.1) is 5.82 Å². The maximum absolute atomic E-state index is 13.0. The predicted molar refractivity (Wildman–Crippen MR) is 54.4 cm³/mol. The van der Waals surface area contributed by atoms with Gasteiger partial charge in [0, 0.05) is 10.7 Å². The molecule has 3 nitrogen and oxygen atoms in total. The van der Waals surface area contributed by atoms with E-state index in [0.717, 1.165) is 0 Å². The van der Waals surface area contributed by atoms with Crippen molar-refractivity contribution in [3.63, 3.8) is 0 Å². The smallest absolute Gasteiger partial charge is 0.229 e. The van der Waals surface area contributed by atoms with Gasteiger partial charge in [-0.25, -0.2) is 4.39 Å². The van der Waals surface area contributed by atoms with Gasteiger partial charge in [-0.1, -0.05) is 11.6 Å². The predicted octanol–water partition coefficient (Wildman–Crippen LogP) is 1.58. The van der Waals surface area contributed by atoms with Crippen LogP contribution < -0.4 is 4.90 Å². The molecule has 0 bridgehead atoms. The second-order valence-electron chi connectivity index (χ2n) is 3.49. The second kappa shape index (κ2) is 3.79. The number of hydrogen-bond donors (Lipinski definition) is 1. The third-order valence-electron chi connectivity index (χ3n) is 2.26. The standard InChI is InChI=1S/C10H9ClFNO2/c11-6-1-7(12)3-8(2-6)13-5-9(14)4-10(13)15/h1-3,9,14H,4-5H2. The third kappa shape index (κ3) is 2.11. The first-order valence-corrected chi connectivity index (χ1v) is 4.88. The van der Waals surface area contributed by atoms with Crippen LogP contribution in [0.3, 0.4) is 0 Å². The lowest BCUT2D eigenvalue weighted by Crippen LogP contribution is -2.25. The van der Waals surface area contributed by atoms with Gasteiger partial charge in [0.1, 0.15) is 5.82 Å². The normalized spacial score (nSPS) is 21.1. The molecule has 1 amide bonds. The summed E-state index contributed by atoms with van der Waals surface area (Å²) < 4.78 is 13.0.